The molecule has 0 aromatic carbocycles. The fourth-order valence-electron chi connectivity index (χ4n) is 2.04. The Morgan fingerprint density at radius 1 is 1.43 bits per heavy atom. The smallest absolute Gasteiger partial charge is 0.309 e. The molecule has 0 spiro atoms. The molecule has 6 nitrogen and oxygen atoms in total. The van der Waals surface area contributed by atoms with Crippen LogP contribution in [-0.2, 0) is 11.2 Å². The van der Waals surface area contributed by atoms with Crippen molar-refractivity contribution in [3.8, 4) is 0 Å². The Hall–Kier alpha value is -2.51. The second kappa shape index (κ2) is 6.31. The summed E-state index contributed by atoms with van der Waals surface area (Å²) in [6, 6.07) is 3.66. The van der Waals surface area contributed by atoms with Crippen molar-refractivity contribution in [3.05, 3.63) is 62.2 Å². The average Bonchev–Trinajstić information content (AvgIpc) is 2.92. The van der Waals surface area contributed by atoms with Crippen LogP contribution < -0.4 is 5.56 Å². The summed E-state index contributed by atoms with van der Waals surface area (Å²) < 4.78 is 1.24. The molecule has 3 aromatic heterocycles. The van der Waals surface area contributed by atoms with Crippen molar-refractivity contribution in [2.75, 3.05) is 0 Å². The van der Waals surface area contributed by atoms with E-state index in [9.17, 15) is 9.59 Å². The summed E-state index contributed by atoms with van der Waals surface area (Å²) in [4.78, 5) is 32.0. The molecule has 0 bridgehead atoms. The first-order valence-corrected chi connectivity index (χ1v) is 7.80. The predicted molar refractivity (Wildman–Crippen MR) is 88.9 cm³/mol. The van der Waals surface area contributed by atoms with Crippen LogP contribution in [0, 0.1) is 0 Å². The van der Waals surface area contributed by atoms with E-state index in [1.54, 1.807) is 36.0 Å². The number of fused-ring (bicyclic) bond motifs is 1. The molecule has 0 aliphatic rings. The van der Waals surface area contributed by atoms with Crippen molar-refractivity contribution in [2.45, 2.75) is 6.42 Å². The van der Waals surface area contributed by atoms with Gasteiger partial charge in [-0.3, -0.25) is 19.0 Å². The molecule has 1 N–H and O–H groups in total. The Morgan fingerprint density at radius 2 is 2.26 bits per heavy atom. The van der Waals surface area contributed by atoms with Crippen LogP contribution in [0.4, 0.5) is 0 Å². The number of carbonyl (C=O) groups is 1. The van der Waals surface area contributed by atoms with E-state index in [2.05, 4.69) is 9.97 Å². The van der Waals surface area contributed by atoms with Gasteiger partial charge in [0, 0.05) is 23.5 Å². The van der Waals surface area contributed by atoms with E-state index in [1.165, 1.54) is 15.7 Å². The maximum atomic E-state index is 12.4. The van der Waals surface area contributed by atoms with Crippen molar-refractivity contribution in [3.63, 3.8) is 0 Å². The molecule has 0 atom stereocenters. The monoisotopic (exact) mass is 347 g/mol. The van der Waals surface area contributed by atoms with Crippen molar-refractivity contribution >= 4 is 46.0 Å². The van der Waals surface area contributed by atoms with Crippen LogP contribution in [0.2, 0.25) is 5.02 Å². The van der Waals surface area contributed by atoms with Crippen LogP contribution in [0.5, 0.6) is 0 Å². The topological polar surface area (TPSA) is 84.6 Å². The van der Waals surface area contributed by atoms with E-state index < -0.39 is 11.5 Å². The molecule has 0 saturated carbocycles. The summed E-state index contributed by atoms with van der Waals surface area (Å²) in [6.07, 6.45) is 6.46. The lowest BCUT2D eigenvalue weighted by Gasteiger charge is -2.02. The summed E-state index contributed by atoms with van der Waals surface area (Å²) in [5.41, 5.74) is 1.08. The zero-order chi connectivity index (χ0) is 16.4. The van der Waals surface area contributed by atoms with Gasteiger partial charge in [-0.15, -0.1) is 11.3 Å². The maximum Gasteiger partial charge on any atom is 0.309 e. The minimum atomic E-state index is -1.02. The number of rotatable bonds is 4. The zero-order valence-corrected chi connectivity index (χ0v) is 13.2. The average molecular weight is 348 g/mol. The van der Waals surface area contributed by atoms with Gasteiger partial charge in [-0.25, -0.2) is 4.98 Å². The van der Waals surface area contributed by atoms with Gasteiger partial charge >= 0.3 is 5.97 Å². The number of pyridine rings is 1. The SMILES string of the molecule is O=C(O)Cc1csc2nc(/C=C/c3cccnc3)c(Cl)c(=O)n12. The molecule has 116 valence electrons. The maximum absolute atomic E-state index is 12.4. The van der Waals surface area contributed by atoms with E-state index in [0.717, 1.165) is 5.56 Å². The number of halogens is 1. The fourth-order valence-corrected chi connectivity index (χ4v) is 3.11. The summed E-state index contributed by atoms with van der Waals surface area (Å²) in [5, 5.41) is 10.4. The molecule has 0 radical (unpaired) electrons. The van der Waals surface area contributed by atoms with E-state index in [4.69, 9.17) is 16.7 Å². The summed E-state index contributed by atoms with van der Waals surface area (Å²) >= 11 is 7.30. The number of aromatic nitrogens is 3. The lowest BCUT2D eigenvalue weighted by atomic mass is 10.2. The number of carboxylic acid groups (broad SMARTS) is 1. The molecule has 3 rings (SSSR count). The fraction of sp³-hybridized carbons (Fsp3) is 0.0667. The van der Waals surface area contributed by atoms with Crippen molar-refractivity contribution < 1.29 is 9.90 Å². The molecule has 3 heterocycles. The first-order chi connectivity index (χ1) is 11.1. The highest BCUT2D eigenvalue weighted by atomic mass is 35.5. The number of nitrogens with zero attached hydrogens (tertiary/aromatic N) is 3. The minimum absolute atomic E-state index is 0.0484. The molecule has 8 heteroatoms. The highest BCUT2D eigenvalue weighted by molar-refractivity contribution is 7.15. The lowest BCUT2D eigenvalue weighted by Crippen LogP contribution is -2.19. The van der Waals surface area contributed by atoms with Gasteiger partial charge in [0.25, 0.3) is 5.56 Å². The molecule has 3 aromatic rings. The molecule has 23 heavy (non-hydrogen) atoms. The van der Waals surface area contributed by atoms with Gasteiger partial charge < -0.3 is 5.11 Å². The van der Waals surface area contributed by atoms with Crippen LogP contribution in [0.3, 0.4) is 0 Å². The normalized spacial score (nSPS) is 11.3. The van der Waals surface area contributed by atoms with Gasteiger partial charge in [0.2, 0.25) is 0 Å². The van der Waals surface area contributed by atoms with Crippen LogP contribution >= 0.6 is 22.9 Å². The van der Waals surface area contributed by atoms with Crippen molar-refractivity contribution in [2.24, 2.45) is 0 Å². The first kappa shape index (κ1) is 15.4. The largest absolute Gasteiger partial charge is 0.481 e. The van der Waals surface area contributed by atoms with Crippen LogP contribution in [0.1, 0.15) is 17.0 Å². The van der Waals surface area contributed by atoms with E-state index in [1.807, 2.05) is 6.07 Å². The summed E-state index contributed by atoms with van der Waals surface area (Å²) in [5.74, 6) is -1.02. The number of carboxylic acids is 1. The summed E-state index contributed by atoms with van der Waals surface area (Å²) in [7, 11) is 0. The highest BCUT2D eigenvalue weighted by Gasteiger charge is 2.15. The molecule has 0 unspecified atom stereocenters. The molecule has 0 aliphatic heterocycles. The van der Waals surface area contributed by atoms with Crippen LogP contribution in [-0.4, -0.2) is 25.4 Å². The van der Waals surface area contributed by atoms with E-state index >= 15 is 0 Å². The molecule has 0 saturated heterocycles. The number of hydrogen-bond acceptors (Lipinski definition) is 5. The second-order valence-corrected chi connectivity index (χ2v) is 5.87. The Balaban J connectivity index is 2.07. The van der Waals surface area contributed by atoms with Gasteiger partial charge in [-0.05, 0) is 17.7 Å². The quantitative estimate of drug-likeness (QED) is 0.784. The lowest BCUT2D eigenvalue weighted by molar-refractivity contribution is -0.136. The van der Waals surface area contributed by atoms with Crippen molar-refractivity contribution in [1.82, 2.24) is 14.4 Å². The molecule has 0 fully saturated rings. The third kappa shape index (κ3) is 3.15. The van der Waals surface area contributed by atoms with E-state index in [-0.39, 0.29) is 11.4 Å². The van der Waals surface area contributed by atoms with Crippen LogP contribution in [0.15, 0.2) is 34.7 Å². The second-order valence-electron chi connectivity index (χ2n) is 4.65. The first-order valence-electron chi connectivity index (χ1n) is 6.55. The number of hydrogen-bond donors (Lipinski definition) is 1. The minimum Gasteiger partial charge on any atom is -0.481 e. The Kier molecular flexibility index (Phi) is 4.22. The Bertz CT molecular complexity index is 963. The van der Waals surface area contributed by atoms with Gasteiger partial charge in [-0.2, -0.15) is 0 Å². The third-order valence-electron chi connectivity index (χ3n) is 3.06. The van der Waals surface area contributed by atoms with Gasteiger partial charge in [0.05, 0.1) is 12.1 Å². The van der Waals surface area contributed by atoms with Crippen molar-refractivity contribution in [1.29, 1.82) is 0 Å². The zero-order valence-electron chi connectivity index (χ0n) is 11.6. The van der Waals surface area contributed by atoms with Gasteiger partial charge in [-0.1, -0.05) is 23.7 Å². The number of aliphatic carboxylic acids is 1. The molecule has 0 amide bonds. The molecular formula is C15H10ClN3O3S. The highest BCUT2D eigenvalue weighted by Crippen LogP contribution is 2.19. The van der Waals surface area contributed by atoms with Gasteiger partial charge in [0.1, 0.15) is 5.02 Å². The van der Waals surface area contributed by atoms with Crippen LogP contribution in [0.25, 0.3) is 17.1 Å². The molecular weight excluding hydrogens is 338 g/mol. The van der Waals surface area contributed by atoms with Gasteiger partial charge in [0.15, 0.2) is 4.96 Å². The van der Waals surface area contributed by atoms with E-state index in [0.29, 0.717) is 16.3 Å². The Labute approximate surface area is 139 Å². The Morgan fingerprint density at radius 3 is 2.96 bits per heavy atom. The predicted octanol–water partition coefficient (Wildman–Crippen LogP) is 2.60. The number of thiazole rings is 1. The summed E-state index contributed by atoms with van der Waals surface area (Å²) in [6.45, 7) is 0. The third-order valence-corrected chi connectivity index (χ3v) is 4.29. The standard InChI is InChI=1S/C15H10ClN3O3S/c16-13-11(4-3-9-2-1-5-17-7-9)18-15-19(14(13)22)10(8-23-15)6-12(20)21/h1-5,7-8H,6H2,(H,20,21)/b4-3+. The molecule has 0 aliphatic carbocycles.